The molecule has 1 heterocycles. The molecule has 0 saturated carbocycles. The minimum Gasteiger partial charge on any atom is -0.493 e. The number of benzene rings is 2. The molecule has 0 unspecified atom stereocenters. The van der Waals surface area contributed by atoms with Gasteiger partial charge in [-0.05, 0) is 30.8 Å². The van der Waals surface area contributed by atoms with Crippen molar-refractivity contribution in [1.29, 1.82) is 5.26 Å². The second-order valence-electron chi connectivity index (χ2n) is 4.71. The first-order valence-corrected chi connectivity index (χ1v) is 8.45. The standard InChI is InChI=1S/C13H11N3O2S.C6H6/c1-2-18-10-6-4-3-5-9(10)7-11-12(17)16-13(19-11)15-8-14;1-2-4-6-5-3-1/h3-7H,2H2,1H3,(H,15,16,17);1-6H. The molecular weight excluding hydrogens is 334 g/mol. The van der Waals surface area contributed by atoms with Crippen LogP contribution in [0, 0.1) is 11.5 Å². The molecule has 2 aromatic carbocycles. The summed E-state index contributed by atoms with van der Waals surface area (Å²) >= 11 is 1.14. The van der Waals surface area contributed by atoms with E-state index in [0.29, 0.717) is 16.7 Å². The van der Waals surface area contributed by atoms with Crippen LogP contribution in [-0.4, -0.2) is 17.7 Å². The van der Waals surface area contributed by atoms with Crippen LogP contribution in [-0.2, 0) is 4.79 Å². The first kappa shape index (κ1) is 18.3. The smallest absolute Gasteiger partial charge is 0.264 e. The van der Waals surface area contributed by atoms with E-state index in [1.54, 1.807) is 12.3 Å². The monoisotopic (exact) mass is 351 g/mol. The van der Waals surface area contributed by atoms with Gasteiger partial charge in [0.15, 0.2) is 5.17 Å². The van der Waals surface area contributed by atoms with Gasteiger partial charge >= 0.3 is 0 Å². The number of thioether (sulfide) groups is 1. The van der Waals surface area contributed by atoms with Gasteiger partial charge in [0.25, 0.3) is 5.91 Å². The molecule has 5 nitrogen and oxygen atoms in total. The summed E-state index contributed by atoms with van der Waals surface area (Å²) in [5.41, 5.74) is 0.820. The third-order valence-corrected chi connectivity index (χ3v) is 3.88. The fraction of sp³-hybridized carbons (Fsp3) is 0.105. The maximum absolute atomic E-state index is 11.7. The maximum Gasteiger partial charge on any atom is 0.264 e. The van der Waals surface area contributed by atoms with Crippen molar-refractivity contribution < 1.29 is 9.53 Å². The molecule has 1 N–H and O–H groups in total. The number of carbonyl (C=O) groups is 1. The minimum atomic E-state index is -0.259. The molecule has 0 radical (unpaired) electrons. The molecule has 1 aliphatic rings. The number of amidine groups is 1. The number of rotatable bonds is 3. The van der Waals surface area contributed by atoms with Crippen LogP contribution in [0.2, 0.25) is 0 Å². The molecule has 0 aromatic heterocycles. The maximum atomic E-state index is 11.7. The van der Waals surface area contributed by atoms with Gasteiger partial charge in [-0.25, -0.2) is 0 Å². The number of nitrogens with zero attached hydrogens (tertiary/aromatic N) is 2. The molecule has 0 atom stereocenters. The molecule has 0 aliphatic carbocycles. The Labute approximate surface area is 151 Å². The van der Waals surface area contributed by atoms with Gasteiger partial charge in [0, 0.05) is 5.56 Å². The van der Waals surface area contributed by atoms with E-state index in [1.165, 1.54) is 0 Å². The molecule has 0 bridgehead atoms. The fourth-order valence-electron chi connectivity index (χ4n) is 1.94. The van der Waals surface area contributed by atoms with Crippen molar-refractivity contribution in [2.45, 2.75) is 6.92 Å². The first-order valence-electron chi connectivity index (χ1n) is 7.64. The van der Waals surface area contributed by atoms with Crippen molar-refractivity contribution in [2.75, 3.05) is 6.61 Å². The summed E-state index contributed by atoms with van der Waals surface area (Å²) in [6.07, 6.45) is 3.37. The van der Waals surface area contributed by atoms with Crippen LogP contribution >= 0.6 is 11.8 Å². The molecule has 126 valence electrons. The van der Waals surface area contributed by atoms with E-state index in [0.717, 1.165) is 23.1 Å². The predicted octanol–water partition coefficient (Wildman–Crippen LogP) is 3.81. The summed E-state index contributed by atoms with van der Waals surface area (Å²) in [7, 11) is 0. The van der Waals surface area contributed by atoms with Crippen LogP contribution in [0.5, 0.6) is 5.75 Å². The summed E-state index contributed by atoms with van der Waals surface area (Å²) in [5.74, 6) is 0.460. The Morgan fingerprint density at radius 1 is 1.16 bits per heavy atom. The number of hydrogen-bond donors (Lipinski definition) is 1. The molecule has 0 spiro atoms. The van der Waals surface area contributed by atoms with E-state index in [-0.39, 0.29) is 5.91 Å². The third-order valence-electron chi connectivity index (χ3n) is 2.97. The van der Waals surface area contributed by atoms with E-state index in [1.807, 2.05) is 67.6 Å². The van der Waals surface area contributed by atoms with Crippen molar-refractivity contribution in [3.8, 4) is 11.9 Å². The van der Waals surface area contributed by atoms with Gasteiger partial charge in [0.05, 0.1) is 11.5 Å². The lowest BCUT2D eigenvalue weighted by Crippen LogP contribution is -2.19. The molecule has 1 saturated heterocycles. The Bertz CT molecular complexity index is 784. The topological polar surface area (TPSA) is 74.5 Å². The molecule has 1 fully saturated rings. The van der Waals surface area contributed by atoms with Crippen LogP contribution in [0.1, 0.15) is 12.5 Å². The van der Waals surface area contributed by atoms with E-state index in [4.69, 9.17) is 10.00 Å². The highest BCUT2D eigenvalue weighted by atomic mass is 32.2. The summed E-state index contributed by atoms with van der Waals surface area (Å²) in [6.45, 7) is 2.46. The quantitative estimate of drug-likeness (QED) is 0.674. The number of amides is 1. The molecule has 6 heteroatoms. The van der Waals surface area contributed by atoms with Gasteiger partial charge in [-0.2, -0.15) is 5.26 Å². The van der Waals surface area contributed by atoms with E-state index < -0.39 is 0 Å². The SMILES string of the molecule is CCOc1ccccc1C=C1SC(=NC#N)NC1=O.c1ccccc1. The normalized spacial score (nSPS) is 15.9. The van der Waals surface area contributed by atoms with Crippen LogP contribution in [0.25, 0.3) is 6.08 Å². The number of nitrogens with one attached hydrogen (secondary N) is 1. The summed E-state index contributed by atoms with van der Waals surface area (Å²) in [4.78, 5) is 15.7. The van der Waals surface area contributed by atoms with Gasteiger partial charge in [0.1, 0.15) is 5.75 Å². The van der Waals surface area contributed by atoms with Gasteiger partial charge in [-0.15, -0.1) is 4.99 Å². The lowest BCUT2D eigenvalue weighted by atomic mass is 10.2. The summed E-state index contributed by atoms with van der Waals surface area (Å²) in [6, 6.07) is 19.5. The zero-order valence-corrected chi connectivity index (χ0v) is 14.5. The van der Waals surface area contributed by atoms with E-state index in [9.17, 15) is 4.79 Å². The molecule has 2 aromatic rings. The Morgan fingerprint density at radius 2 is 1.80 bits per heavy atom. The highest BCUT2D eigenvalue weighted by molar-refractivity contribution is 8.18. The van der Waals surface area contributed by atoms with Crippen LogP contribution in [0.15, 0.2) is 70.6 Å². The van der Waals surface area contributed by atoms with Crippen molar-refractivity contribution in [2.24, 2.45) is 4.99 Å². The van der Waals surface area contributed by atoms with Crippen molar-refractivity contribution >= 4 is 28.9 Å². The van der Waals surface area contributed by atoms with Crippen LogP contribution in [0.3, 0.4) is 0 Å². The van der Waals surface area contributed by atoms with Crippen molar-refractivity contribution in [3.63, 3.8) is 0 Å². The molecule has 1 amide bonds. The van der Waals surface area contributed by atoms with Crippen molar-refractivity contribution in [3.05, 3.63) is 71.1 Å². The average Bonchev–Trinajstić information content (AvgIpc) is 2.98. The number of para-hydroxylation sites is 1. The highest BCUT2D eigenvalue weighted by Crippen LogP contribution is 2.29. The van der Waals surface area contributed by atoms with E-state index >= 15 is 0 Å². The second-order valence-corrected chi connectivity index (χ2v) is 5.74. The van der Waals surface area contributed by atoms with Crippen LogP contribution in [0.4, 0.5) is 0 Å². The zero-order valence-electron chi connectivity index (χ0n) is 13.7. The molecule has 3 rings (SSSR count). The highest BCUT2D eigenvalue weighted by Gasteiger charge is 2.24. The molecule has 25 heavy (non-hydrogen) atoms. The average molecular weight is 351 g/mol. The molecular formula is C19H17N3O2S. The third kappa shape index (κ3) is 5.83. The number of aliphatic imine (C=N–C) groups is 1. The Kier molecular flexibility index (Phi) is 7.29. The number of ether oxygens (including phenoxy) is 1. The summed E-state index contributed by atoms with van der Waals surface area (Å²) < 4.78 is 5.49. The lowest BCUT2D eigenvalue weighted by Gasteiger charge is -2.06. The van der Waals surface area contributed by atoms with Crippen LogP contribution < -0.4 is 10.1 Å². The Morgan fingerprint density at radius 3 is 2.40 bits per heavy atom. The van der Waals surface area contributed by atoms with Gasteiger partial charge in [0.2, 0.25) is 6.19 Å². The van der Waals surface area contributed by atoms with Gasteiger partial charge in [-0.1, -0.05) is 54.6 Å². The first-order chi connectivity index (χ1) is 12.2. The van der Waals surface area contributed by atoms with E-state index in [2.05, 4.69) is 10.3 Å². The van der Waals surface area contributed by atoms with Gasteiger partial charge in [-0.3, -0.25) is 10.1 Å². The minimum absolute atomic E-state index is 0.259. The number of hydrogen-bond acceptors (Lipinski definition) is 5. The van der Waals surface area contributed by atoms with Crippen molar-refractivity contribution in [1.82, 2.24) is 5.32 Å². The lowest BCUT2D eigenvalue weighted by molar-refractivity contribution is -0.115. The predicted molar refractivity (Wildman–Crippen MR) is 101 cm³/mol. The number of carbonyl (C=O) groups excluding carboxylic acids is 1. The molecule has 1 aliphatic heterocycles. The Balaban J connectivity index is 0.000000316. The second kappa shape index (κ2) is 9.96. The summed E-state index contributed by atoms with van der Waals surface area (Å²) in [5, 5.41) is 11.3. The zero-order chi connectivity index (χ0) is 17.9. The van der Waals surface area contributed by atoms with Gasteiger partial charge < -0.3 is 4.74 Å². The Hall–Kier alpha value is -3.04. The fourth-order valence-corrected chi connectivity index (χ4v) is 2.71. The number of nitriles is 1. The largest absolute Gasteiger partial charge is 0.493 e.